The highest BCUT2D eigenvalue weighted by Crippen LogP contribution is 2.22. The molecule has 0 aliphatic heterocycles. The summed E-state index contributed by atoms with van der Waals surface area (Å²) in [5, 5.41) is 4.64. The van der Waals surface area contributed by atoms with Gasteiger partial charge in [0.2, 0.25) is 0 Å². The van der Waals surface area contributed by atoms with Gasteiger partial charge in [-0.25, -0.2) is 0 Å². The fourth-order valence-electron chi connectivity index (χ4n) is 1.53. The van der Waals surface area contributed by atoms with Crippen molar-refractivity contribution in [3.8, 4) is 0 Å². The molecule has 0 aliphatic rings. The minimum atomic E-state index is -0.0324. The zero-order chi connectivity index (χ0) is 12.4. The molecule has 17 heavy (non-hydrogen) atoms. The first kappa shape index (κ1) is 12.3. The number of nitrogens with zero attached hydrogens (tertiary/aromatic N) is 2. The maximum Gasteiger partial charge on any atom is 0.170 e. The molecule has 5 heteroatoms. The van der Waals surface area contributed by atoms with E-state index in [1.807, 2.05) is 19.3 Å². The lowest BCUT2D eigenvalue weighted by atomic mass is 10.1. The van der Waals surface area contributed by atoms with Crippen LogP contribution >= 0.6 is 27.5 Å². The van der Waals surface area contributed by atoms with Crippen LogP contribution in [0.1, 0.15) is 16.1 Å². The Bertz CT molecular complexity index is 565. The van der Waals surface area contributed by atoms with Crippen LogP contribution in [0.3, 0.4) is 0 Å². The predicted octanol–water partition coefficient (Wildman–Crippen LogP) is 3.26. The SMILES string of the molecule is Cn1ccc(CC(=O)c2cc(Br)ccc2Cl)n1. The molecule has 0 saturated carbocycles. The second kappa shape index (κ2) is 5.02. The van der Waals surface area contributed by atoms with Gasteiger partial charge in [-0.05, 0) is 24.3 Å². The topological polar surface area (TPSA) is 34.9 Å². The third kappa shape index (κ3) is 2.96. The average Bonchev–Trinajstić information content (AvgIpc) is 2.67. The van der Waals surface area contributed by atoms with Gasteiger partial charge in [0, 0.05) is 23.3 Å². The van der Waals surface area contributed by atoms with Crippen molar-refractivity contribution in [1.82, 2.24) is 9.78 Å². The van der Waals surface area contributed by atoms with Crippen LogP contribution in [0.4, 0.5) is 0 Å². The molecule has 0 amide bonds. The van der Waals surface area contributed by atoms with Crippen molar-refractivity contribution in [2.24, 2.45) is 7.05 Å². The van der Waals surface area contributed by atoms with Crippen LogP contribution in [0.15, 0.2) is 34.9 Å². The summed E-state index contributed by atoms with van der Waals surface area (Å²) in [6.07, 6.45) is 2.07. The van der Waals surface area contributed by atoms with E-state index in [2.05, 4.69) is 21.0 Å². The van der Waals surface area contributed by atoms with E-state index in [0.717, 1.165) is 10.2 Å². The number of ketones is 1. The van der Waals surface area contributed by atoms with Gasteiger partial charge in [-0.2, -0.15) is 5.10 Å². The average molecular weight is 314 g/mol. The number of Topliss-reactive ketones (excluding diaryl/α,β-unsaturated/α-hetero) is 1. The molecule has 0 saturated heterocycles. The summed E-state index contributed by atoms with van der Waals surface area (Å²) in [7, 11) is 1.82. The third-order valence-corrected chi connectivity index (χ3v) is 3.16. The maximum absolute atomic E-state index is 12.0. The van der Waals surface area contributed by atoms with Gasteiger partial charge in [-0.1, -0.05) is 27.5 Å². The van der Waals surface area contributed by atoms with Gasteiger partial charge in [0.15, 0.2) is 5.78 Å². The first-order valence-electron chi connectivity index (χ1n) is 5.03. The number of rotatable bonds is 3. The van der Waals surface area contributed by atoms with Gasteiger partial charge in [0.25, 0.3) is 0 Å². The van der Waals surface area contributed by atoms with Crippen molar-refractivity contribution in [2.75, 3.05) is 0 Å². The lowest BCUT2D eigenvalue weighted by molar-refractivity contribution is 0.0992. The fourth-order valence-corrected chi connectivity index (χ4v) is 2.11. The van der Waals surface area contributed by atoms with E-state index in [0.29, 0.717) is 10.6 Å². The van der Waals surface area contributed by atoms with Gasteiger partial charge in [-0.3, -0.25) is 9.48 Å². The van der Waals surface area contributed by atoms with Gasteiger partial charge < -0.3 is 0 Å². The standard InChI is InChI=1S/C12H10BrClN2O/c1-16-5-4-9(15-16)7-12(17)10-6-8(13)2-3-11(10)14/h2-6H,7H2,1H3. The van der Waals surface area contributed by atoms with Crippen LogP contribution in [0, 0.1) is 0 Å². The zero-order valence-electron chi connectivity index (χ0n) is 9.15. The lowest BCUT2D eigenvalue weighted by Crippen LogP contribution is -2.05. The Kier molecular flexibility index (Phi) is 3.64. The van der Waals surface area contributed by atoms with Crippen molar-refractivity contribution in [2.45, 2.75) is 6.42 Å². The monoisotopic (exact) mass is 312 g/mol. The Labute approximate surface area is 113 Å². The molecule has 0 bridgehead atoms. The molecule has 88 valence electrons. The molecule has 0 N–H and O–H groups in total. The highest BCUT2D eigenvalue weighted by molar-refractivity contribution is 9.10. The molecule has 0 atom stereocenters. The van der Waals surface area contributed by atoms with Crippen LogP contribution in [0.2, 0.25) is 5.02 Å². The van der Waals surface area contributed by atoms with Gasteiger partial charge in [0.1, 0.15) is 0 Å². The van der Waals surface area contributed by atoms with Crippen molar-refractivity contribution < 1.29 is 4.79 Å². The number of hydrogen-bond donors (Lipinski definition) is 0. The molecule has 2 aromatic rings. The summed E-state index contributed by atoms with van der Waals surface area (Å²) in [6.45, 7) is 0. The largest absolute Gasteiger partial charge is 0.294 e. The van der Waals surface area contributed by atoms with E-state index in [-0.39, 0.29) is 12.2 Å². The van der Waals surface area contributed by atoms with Crippen molar-refractivity contribution >= 4 is 33.3 Å². The highest BCUT2D eigenvalue weighted by atomic mass is 79.9. The molecular formula is C12H10BrClN2O. The Morgan fingerprint density at radius 1 is 1.47 bits per heavy atom. The Hall–Kier alpha value is -1.13. The summed E-state index contributed by atoms with van der Waals surface area (Å²) in [6, 6.07) is 7.06. The molecule has 3 nitrogen and oxygen atoms in total. The van der Waals surface area contributed by atoms with Crippen molar-refractivity contribution in [3.05, 3.63) is 51.2 Å². The molecule has 2 rings (SSSR count). The molecule has 0 unspecified atom stereocenters. The van der Waals surface area contributed by atoms with Gasteiger partial charge in [0.05, 0.1) is 17.1 Å². The molecule has 1 aromatic carbocycles. The summed E-state index contributed by atoms with van der Waals surface area (Å²) < 4.78 is 2.51. The van der Waals surface area contributed by atoms with Gasteiger partial charge >= 0.3 is 0 Å². The van der Waals surface area contributed by atoms with Crippen LogP contribution in [-0.2, 0) is 13.5 Å². The normalized spacial score (nSPS) is 10.5. The fraction of sp³-hybridized carbons (Fsp3) is 0.167. The first-order valence-corrected chi connectivity index (χ1v) is 6.20. The number of aryl methyl sites for hydroxylation is 1. The van der Waals surface area contributed by atoms with E-state index in [1.165, 1.54) is 0 Å². The summed E-state index contributed by atoms with van der Waals surface area (Å²) in [5.41, 5.74) is 1.26. The van der Waals surface area contributed by atoms with E-state index in [4.69, 9.17) is 11.6 Å². The number of aromatic nitrogens is 2. The number of carbonyl (C=O) groups excluding carboxylic acids is 1. The quantitative estimate of drug-likeness (QED) is 0.815. The number of halogens is 2. The molecule has 0 aliphatic carbocycles. The van der Waals surface area contributed by atoms with Crippen molar-refractivity contribution in [1.29, 1.82) is 0 Å². The van der Waals surface area contributed by atoms with E-state index in [9.17, 15) is 4.79 Å². The smallest absolute Gasteiger partial charge is 0.170 e. The van der Waals surface area contributed by atoms with E-state index in [1.54, 1.807) is 22.9 Å². The second-order valence-corrected chi connectivity index (χ2v) is 5.03. The number of benzene rings is 1. The molecule has 1 aromatic heterocycles. The maximum atomic E-state index is 12.0. The Morgan fingerprint density at radius 2 is 2.24 bits per heavy atom. The predicted molar refractivity (Wildman–Crippen MR) is 70.4 cm³/mol. The zero-order valence-corrected chi connectivity index (χ0v) is 11.5. The Morgan fingerprint density at radius 3 is 2.88 bits per heavy atom. The van der Waals surface area contributed by atoms with E-state index < -0.39 is 0 Å². The first-order chi connectivity index (χ1) is 8.06. The minimum absolute atomic E-state index is 0.0324. The number of hydrogen-bond acceptors (Lipinski definition) is 2. The summed E-state index contributed by atoms with van der Waals surface area (Å²) in [5.74, 6) is -0.0324. The van der Waals surface area contributed by atoms with Crippen molar-refractivity contribution in [3.63, 3.8) is 0 Å². The summed E-state index contributed by atoms with van der Waals surface area (Å²) in [4.78, 5) is 12.0. The van der Waals surface area contributed by atoms with Crippen LogP contribution in [-0.4, -0.2) is 15.6 Å². The van der Waals surface area contributed by atoms with Crippen LogP contribution in [0.5, 0.6) is 0 Å². The Balaban J connectivity index is 2.22. The van der Waals surface area contributed by atoms with Gasteiger partial charge in [-0.15, -0.1) is 0 Å². The second-order valence-electron chi connectivity index (χ2n) is 3.70. The van der Waals surface area contributed by atoms with Crippen LogP contribution < -0.4 is 0 Å². The lowest BCUT2D eigenvalue weighted by Gasteiger charge is -2.02. The minimum Gasteiger partial charge on any atom is -0.294 e. The molecule has 1 heterocycles. The molecule has 0 spiro atoms. The van der Waals surface area contributed by atoms with Crippen LogP contribution in [0.25, 0.3) is 0 Å². The molecule has 0 radical (unpaired) electrons. The number of carbonyl (C=O) groups is 1. The molecule has 0 fully saturated rings. The molecular weight excluding hydrogens is 304 g/mol. The third-order valence-electron chi connectivity index (χ3n) is 2.34. The summed E-state index contributed by atoms with van der Waals surface area (Å²) >= 11 is 9.32. The van der Waals surface area contributed by atoms with E-state index >= 15 is 0 Å². The highest BCUT2D eigenvalue weighted by Gasteiger charge is 2.12.